The van der Waals surface area contributed by atoms with Crippen LogP contribution in [0, 0.1) is 0 Å². The Balaban J connectivity index is 1.96. The molecule has 2 rings (SSSR count). The SMILES string of the molecule is O=C(N/N=C/c1ccc(Br)cc1)c1ccc(O)cc1. The second kappa shape index (κ2) is 6.15. The van der Waals surface area contributed by atoms with Crippen molar-refractivity contribution in [3.63, 3.8) is 0 Å². The van der Waals surface area contributed by atoms with Crippen LogP contribution in [0.4, 0.5) is 0 Å². The van der Waals surface area contributed by atoms with Gasteiger partial charge in [0.25, 0.3) is 5.91 Å². The van der Waals surface area contributed by atoms with Crippen LogP contribution in [0.15, 0.2) is 58.1 Å². The fourth-order valence-corrected chi connectivity index (χ4v) is 1.66. The quantitative estimate of drug-likeness (QED) is 0.675. The number of halogens is 1. The van der Waals surface area contributed by atoms with Crippen molar-refractivity contribution >= 4 is 28.1 Å². The molecule has 0 aliphatic rings. The van der Waals surface area contributed by atoms with Crippen molar-refractivity contribution in [1.29, 1.82) is 0 Å². The molecular weight excluding hydrogens is 308 g/mol. The number of phenolic OH excluding ortho intramolecular Hbond substituents is 1. The lowest BCUT2D eigenvalue weighted by atomic mass is 10.2. The second-order valence-electron chi connectivity index (χ2n) is 3.80. The predicted octanol–water partition coefficient (Wildman–Crippen LogP) is 2.92. The van der Waals surface area contributed by atoms with Gasteiger partial charge in [-0.3, -0.25) is 4.79 Å². The summed E-state index contributed by atoms with van der Waals surface area (Å²) in [5.74, 6) is -0.205. The molecule has 0 saturated heterocycles. The van der Waals surface area contributed by atoms with E-state index in [1.807, 2.05) is 24.3 Å². The van der Waals surface area contributed by atoms with E-state index in [-0.39, 0.29) is 11.7 Å². The summed E-state index contributed by atoms with van der Waals surface area (Å²) in [4.78, 5) is 11.7. The molecule has 4 nitrogen and oxygen atoms in total. The summed E-state index contributed by atoms with van der Waals surface area (Å²) in [5.41, 5.74) is 3.74. The van der Waals surface area contributed by atoms with Gasteiger partial charge in [0.15, 0.2) is 0 Å². The minimum absolute atomic E-state index is 0.120. The molecule has 2 N–H and O–H groups in total. The summed E-state index contributed by atoms with van der Waals surface area (Å²) in [7, 11) is 0. The van der Waals surface area contributed by atoms with Crippen LogP contribution in [-0.2, 0) is 0 Å². The van der Waals surface area contributed by atoms with Crippen molar-refractivity contribution < 1.29 is 9.90 Å². The smallest absolute Gasteiger partial charge is 0.271 e. The highest BCUT2D eigenvalue weighted by Crippen LogP contribution is 2.10. The van der Waals surface area contributed by atoms with Crippen LogP contribution in [-0.4, -0.2) is 17.2 Å². The van der Waals surface area contributed by atoms with Crippen molar-refractivity contribution in [2.24, 2.45) is 5.10 Å². The minimum Gasteiger partial charge on any atom is -0.508 e. The molecule has 2 aromatic rings. The fraction of sp³-hybridized carbons (Fsp3) is 0. The third kappa shape index (κ3) is 3.93. The molecule has 1 amide bonds. The lowest BCUT2D eigenvalue weighted by molar-refractivity contribution is 0.0955. The number of phenols is 1. The van der Waals surface area contributed by atoms with Gasteiger partial charge in [-0.25, -0.2) is 5.43 Å². The van der Waals surface area contributed by atoms with Gasteiger partial charge in [-0.05, 0) is 42.0 Å². The summed E-state index contributed by atoms with van der Waals surface area (Å²) in [6, 6.07) is 13.5. The summed E-state index contributed by atoms with van der Waals surface area (Å²) < 4.78 is 0.984. The first kappa shape index (κ1) is 13.3. The molecule has 0 atom stereocenters. The maximum absolute atomic E-state index is 11.7. The molecule has 0 aliphatic carbocycles. The molecule has 0 spiro atoms. The molecule has 0 aromatic heterocycles. The third-order valence-electron chi connectivity index (χ3n) is 2.38. The predicted molar refractivity (Wildman–Crippen MR) is 77.3 cm³/mol. The standard InChI is InChI=1S/C14H11BrN2O2/c15-12-5-1-10(2-6-12)9-16-17-14(19)11-3-7-13(18)8-4-11/h1-9,18H,(H,17,19)/b16-9+. The van der Waals surface area contributed by atoms with Gasteiger partial charge in [-0.2, -0.15) is 5.10 Å². The zero-order valence-electron chi connectivity index (χ0n) is 9.88. The van der Waals surface area contributed by atoms with Gasteiger partial charge in [-0.15, -0.1) is 0 Å². The fourth-order valence-electron chi connectivity index (χ4n) is 1.39. The highest BCUT2D eigenvalue weighted by Gasteiger charge is 2.02. The first-order chi connectivity index (χ1) is 9.15. The van der Waals surface area contributed by atoms with Crippen molar-refractivity contribution in [3.8, 4) is 5.75 Å². The van der Waals surface area contributed by atoms with E-state index in [0.29, 0.717) is 5.56 Å². The number of rotatable bonds is 3. The zero-order valence-corrected chi connectivity index (χ0v) is 11.5. The maximum Gasteiger partial charge on any atom is 0.271 e. The van der Waals surface area contributed by atoms with Crippen LogP contribution in [0.3, 0.4) is 0 Å². The Morgan fingerprint density at radius 2 is 1.74 bits per heavy atom. The second-order valence-corrected chi connectivity index (χ2v) is 4.71. The summed E-state index contributed by atoms with van der Waals surface area (Å²) in [6.07, 6.45) is 1.56. The van der Waals surface area contributed by atoms with Crippen LogP contribution >= 0.6 is 15.9 Å². The number of amides is 1. The Kier molecular flexibility index (Phi) is 4.30. The first-order valence-electron chi connectivity index (χ1n) is 5.53. The van der Waals surface area contributed by atoms with Crippen molar-refractivity contribution in [1.82, 2.24) is 5.43 Å². The highest BCUT2D eigenvalue weighted by atomic mass is 79.9. The molecule has 0 radical (unpaired) electrons. The van der Waals surface area contributed by atoms with Crippen LogP contribution in [0.25, 0.3) is 0 Å². The molecule has 96 valence electrons. The molecule has 5 heteroatoms. The Bertz CT molecular complexity index is 592. The van der Waals surface area contributed by atoms with Gasteiger partial charge in [0.05, 0.1) is 6.21 Å². The summed E-state index contributed by atoms with van der Waals surface area (Å²) >= 11 is 3.34. The third-order valence-corrected chi connectivity index (χ3v) is 2.91. The molecule has 19 heavy (non-hydrogen) atoms. The number of carbonyl (C=O) groups is 1. The normalized spacial score (nSPS) is 10.6. The van der Waals surface area contributed by atoms with E-state index in [4.69, 9.17) is 5.11 Å². The Morgan fingerprint density at radius 1 is 1.11 bits per heavy atom. The summed E-state index contributed by atoms with van der Waals surface area (Å²) in [5, 5.41) is 13.0. The largest absolute Gasteiger partial charge is 0.508 e. The van der Waals surface area contributed by atoms with Crippen LogP contribution in [0.2, 0.25) is 0 Å². The molecule has 0 aliphatic heterocycles. The van der Waals surface area contributed by atoms with E-state index in [9.17, 15) is 4.79 Å². The van der Waals surface area contributed by atoms with E-state index in [1.54, 1.807) is 6.21 Å². The van der Waals surface area contributed by atoms with E-state index >= 15 is 0 Å². The van der Waals surface area contributed by atoms with Gasteiger partial charge < -0.3 is 5.11 Å². The first-order valence-corrected chi connectivity index (χ1v) is 6.32. The van der Waals surface area contributed by atoms with Gasteiger partial charge in [0.2, 0.25) is 0 Å². The molecule has 0 fully saturated rings. The topological polar surface area (TPSA) is 61.7 Å². The number of nitrogens with one attached hydrogen (secondary N) is 1. The van der Waals surface area contributed by atoms with Gasteiger partial charge >= 0.3 is 0 Å². The van der Waals surface area contributed by atoms with E-state index < -0.39 is 0 Å². The van der Waals surface area contributed by atoms with E-state index in [2.05, 4.69) is 26.5 Å². The lowest BCUT2D eigenvalue weighted by Gasteiger charge is -1.99. The number of benzene rings is 2. The molecule has 0 unspecified atom stereocenters. The van der Waals surface area contributed by atoms with Crippen LogP contribution < -0.4 is 5.43 Å². The van der Waals surface area contributed by atoms with Crippen LogP contribution in [0.1, 0.15) is 15.9 Å². The molecule has 0 bridgehead atoms. The molecule has 0 heterocycles. The van der Waals surface area contributed by atoms with Crippen LogP contribution in [0.5, 0.6) is 5.75 Å². The van der Waals surface area contributed by atoms with Gasteiger partial charge in [0, 0.05) is 10.0 Å². The molecule has 2 aromatic carbocycles. The number of carbonyl (C=O) groups excluding carboxylic acids is 1. The Hall–Kier alpha value is -2.14. The summed E-state index contributed by atoms with van der Waals surface area (Å²) in [6.45, 7) is 0. The van der Waals surface area contributed by atoms with Gasteiger partial charge in [0.1, 0.15) is 5.75 Å². The minimum atomic E-state index is -0.326. The van der Waals surface area contributed by atoms with Crippen molar-refractivity contribution in [3.05, 3.63) is 64.1 Å². The number of hydrogen-bond acceptors (Lipinski definition) is 3. The zero-order chi connectivity index (χ0) is 13.7. The highest BCUT2D eigenvalue weighted by molar-refractivity contribution is 9.10. The number of aromatic hydroxyl groups is 1. The van der Waals surface area contributed by atoms with Crippen molar-refractivity contribution in [2.45, 2.75) is 0 Å². The average molecular weight is 319 g/mol. The number of hydrogen-bond donors (Lipinski definition) is 2. The van der Waals surface area contributed by atoms with E-state index in [0.717, 1.165) is 10.0 Å². The lowest BCUT2D eigenvalue weighted by Crippen LogP contribution is -2.17. The average Bonchev–Trinajstić information content (AvgIpc) is 2.41. The van der Waals surface area contributed by atoms with Gasteiger partial charge in [-0.1, -0.05) is 28.1 Å². The molecule has 0 saturated carbocycles. The number of hydrazone groups is 1. The molecular formula is C14H11BrN2O2. The maximum atomic E-state index is 11.7. The number of nitrogens with zero attached hydrogens (tertiary/aromatic N) is 1. The monoisotopic (exact) mass is 318 g/mol. The van der Waals surface area contributed by atoms with E-state index in [1.165, 1.54) is 24.3 Å². The Labute approximate surface area is 118 Å². The Morgan fingerprint density at radius 3 is 2.37 bits per heavy atom. The van der Waals surface area contributed by atoms with Crippen molar-refractivity contribution in [2.75, 3.05) is 0 Å².